The monoisotopic (exact) mass is 568 g/mol. The van der Waals surface area contributed by atoms with Crippen LogP contribution in [0.1, 0.15) is 22.0 Å². The minimum Gasteiger partial charge on any atom is -0.423 e. The predicted molar refractivity (Wildman–Crippen MR) is 145 cm³/mol. The normalized spacial score (nSPS) is 20.5. The molecule has 2 aliphatic rings. The Kier molecular flexibility index (Phi) is 6.27. The first-order valence-corrected chi connectivity index (χ1v) is 12.8. The summed E-state index contributed by atoms with van der Waals surface area (Å²) in [5.41, 5.74) is 2.42. The Hall–Kier alpha value is -4.27. The van der Waals surface area contributed by atoms with Crippen LogP contribution in [0.25, 0.3) is 0 Å². The van der Waals surface area contributed by atoms with Crippen LogP contribution in [-0.4, -0.2) is 23.9 Å². The number of hydrogen-bond acceptors (Lipinski definition) is 6. The Morgan fingerprint density at radius 1 is 0.737 bits per heavy atom. The summed E-state index contributed by atoms with van der Waals surface area (Å²) in [6, 6.07) is 31.5. The molecule has 0 bridgehead atoms. The van der Waals surface area contributed by atoms with Gasteiger partial charge in [-0.3, -0.25) is 14.4 Å². The van der Waals surface area contributed by atoms with Crippen LogP contribution < -0.4 is 14.7 Å². The fourth-order valence-corrected chi connectivity index (χ4v) is 5.13. The van der Waals surface area contributed by atoms with E-state index in [0.717, 1.165) is 15.7 Å². The number of fused-ring (bicyclic) bond motifs is 1. The van der Waals surface area contributed by atoms with E-state index in [4.69, 9.17) is 9.57 Å². The summed E-state index contributed by atoms with van der Waals surface area (Å²) < 4.78 is 6.37. The van der Waals surface area contributed by atoms with Crippen LogP contribution in [0.3, 0.4) is 0 Å². The first-order chi connectivity index (χ1) is 18.5. The molecule has 6 rings (SSSR count). The largest absolute Gasteiger partial charge is 0.423 e. The Bertz CT molecular complexity index is 1490. The molecule has 2 fully saturated rings. The highest BCUT2D eigenvalue weighted by atomic mass is 79.9. The average Bonchev–Trinajstić information content (AvgIpc) is 3.46. The molecule has 188 valence electrons. The SMILES string of the molecule is O=C(Oc1ccc([C@@H]2[C@@H]3C(=O)N(c4ccc(Br)cc4)C(=O)[C@@H]3ON2c2ccccc2)cc1)c1ccccc1. The van der Waals surface area contributed by atoms with E-state index < -0.39 is 29.9 Å². The molecule has 0 saturated carbocycles. The lowest BCUT2D eigenvalue weighted by Crippen LogP contribution is -2.37. The van der Waals surface area contributed by atoms with Gasteiger partial charge in [-0.15, -0.1) is 0 Å². The van der Waals surface area contributed by atoms with Crippen molar-refractivity contribution >= 4 is 45.1 Å². The standard InChI is InChI=1S/C30H21BrN2O5/c31-21-13-15-22(16-14-21)32-28(34)25-26(33(38-27(25)29(32)35)23-9-5-2-6-10-23)19-11-17-24(18-12-19)37-30(36)20-7-3-1-4-8-20/h1-18,25-27H/t25-,26+,27+/m0/s1. The third kappa shape index (κ3) is 4.27. The third-order valence-corrected chi connectivity index (χ3v) is 7.18. The maximum absolute atomic E-state index is 13.7. The number of esters is 1. The number of para-hydroxylation sites is 1. The summed E-state index contributed by atoms with van der Waals surface area (Å²) in [6.07, 6.45) is -0.966. The van der Waals surface area contributed by atoms with E-state index in [-0.39, 0.29) is 5.91 Å². The molecule has 0 aliphatic carbocycles. The summed E-state index contributed by atoms with van der Waals surface area (Å²) in [4.78, 5) is 47.0. The summed E-state index contributed by atoms with van der Waals surface area (Å²) >= 11 is 3.39. The van der Waals surface area contributed by atoms with E-state index in [2.05, 4.69) is 15.9 Å². The van der Waals surface area contributed by atoms with Crippen LogP contribution in [0.4, 0.5) is 11.4 Å². The minimum atomic E-state index is -0.966. The molecule has 2 aliphatic heterocycles. The van der Waals surface area contributed by atoms with Gasteiger partial charge < -0.3 is 4.74 Å². The molecule has 8 heteroatoms. The van der Waals surface area contributed by atoms with Crippen LogP contribution in [0.5, 0.6) is 5.75 Å². The summed E-state index contributed by atoms with van der Waals surface area (Å²) in [5.74, 6) is -1.58. The predicted octanol–water partition coefficient (Wildman–Crippen LogP) is 5.72. The Morgan fingerprint density at radius 2 is 1.37 bits per heavy atom. The zero-order chi connectivity index (χ0) is 26.2. The topological polar surface area (TPSA) is 76.2 Å². The Balaban J connectivity index is 1.32. The Labute approximate surface area is 227 Å². The van der Waals surface area contributed by atoms with Gasteiger partial charge in [-0.1, -0.05) is 64.5 Å². The van der Waals surface area contributed by atoms with Crippen molar-refractivity contribution in [2.75, 3.05) is 9.96 Å². The molecule has 4 aromatic rings. The lowest BCUT2D eigenvalue weighted by molar-refractivity contribution is -0.126. The highest BCUT2D eigenvalue weighted by Crippen LogP contribution is 2.47. The molecule has 0 spiro atoms. The van der Waals surface area contributed by atoms with Crippen LogP contribution in [-0.2, 0) is 14.4 Å². The van der Waals surface area contributed by atoms with Gasteiger partial charge >= 0.3 is 5.97 Å². The van der Waals surface area contributed by atoms with Crippen molar-refractivity contribution in [3.05, 3.63) is 125 Å². The van der Waals surface area contributed by atoms with Gasteiger partial charge in [0.2, 0.25) is 5.91 Å². The van der Waals surface area contributed by atoms with E-state index in [0.29, 0.717) is 17.0 Å². The molecule has 0 aromatic heterocycles. The van der Waals surface area contributed by atoms with Gasteiger partial charge in [-0.05, 0) is 66.2 Å². The smallest absolute Gasteiger partial charge is 0.343 e. The number of rotatable bonds is 5. The number of ether oxygens (including phenoxy) is 1. The van der Waals surface area contributed by atoms with E-state index in [1.165, 1.54) is 4.90 Å². The van der Waals surface area contributed by atoms with E-state index in [1.807, 2.05) is 36.4 Å². The van der Waals surface area contributed by atoms with Gasteiger partial charge in [-0.2, -0.15) is 0 Å². The van der Waals surface area contributed by atoms with Gasteiger partial charge in [0, 0.05) is 4.47 Å². The van der Waals surface area contributed by atoms with Crippen molar-refractivity contribution in [2.24, 2.45) is 5.92 Å². The molecule has 0 N–H and O–H groups in total. The number of anilines is 2. The zero-order valence-electron chi connectivity index (χ0n) is 19.9. The van der Waals surface area contributed by atoms with Gasteiger partial charge in [0.25, 0.3) is 5.91 Å². The van der Waals surface area contributed by atoms with Crippen molar-refractivity contribution in [2.45, 2.75) is 12.1 Å². The first-order valence-electron chi connectivity index (χ1n) is 12.0. The van der Waals surface area contributed by atoms with Crippen LogP contribution in [0, 0.1) is 5.92 Å². The number of nitrogens with zero attached hydrogens (tertiary/aromatic N) is 2. The zero-order valence-corrected chi connectivity index (χ0v) is 21.5. The fourth-order valence-electron chi connectivity index (χ4n) is 4.87. The maximum atomic E-state index is 13.7. The van der Waals surface area contributed by atoms with Crippen molar-refractivity contribution < 1.29 is 24.0 Å². The van der Waals surface area contributed by atoms with Crippen molar-refractivity contribution in [3.8, 4) is 5.75 Å². The molecule has 2 amide bonds. The quantitative estimate of drug-likeness (QED) is 0.174. The molecular weight excluding hydrogens is 548 g/mol. The second-order valence-corrected chi connectivity index (χ2v) is 9.89. The number of carbonyl (C=O) groups excluding carboxylic acids is 3. The van der Waals surface area contributed by atoms with Gasteiger partial charge in [0.15, 0.2) is 6.10 Å². The number of halogens is 1. The molecule has 7 nitrogen and oxygen atoms in total. The third-order valence-electron chi connectivity index (χ3n) is 6.65. The molecule has 0 unspecified atom stereocenters. The lowest BCUT2D eigenvalue weighted by atomic mass is 9.90. The van der Waals surface area contributed by atoms with Crippen LogP contribution in [0.2, 0.25) is 0 Å². The van der Waals surface area contributed by atoms with Crippen molar-refractivity contribution in [1.82, 2.24) is 0 Å². The van der Waals surface area contributed by atoms with Crippen molar-refractivity contribution in [3.63, 3.8) is 0 Å². The van der Waals surface area contributed by atoms with E-state index >= 15 is 0 Å². The highest BCUT2D eigenvalue weighted by molar-refractivity contribution is 9.10. The molecule has 4 aromatic carbocycles. The number of imide groups is 1. The maximum Gasteiger partial charge on any atom is 0.343 e. The molecule has 38 heavy (non-hydrogen) atoms. The van der Waals surface area contributed by atoms with E-state index in [1.54, 1.807) is 77.9 Å². The molecule has 2 heterocycles. The van der Waals surface area contributed by atoms with Crippen LogP contribution >= 0.6 is 15.9 Å². The number of amides is 2. The number of benzene rings is 4. The average molecular weight is 569 g/mol. The highest BCUT2D eigenvalue weighted by Gasteiger charge is 2.60. The number of hydroxylamine groups is 1. The molecule has 3 atom stereocenters. The summed E-state index contributed by atoms with van der Waals surface area (Å²) in [5, 5.41) is 1.63. The number of hydrogen-bond donors (Lipinski definition) is 0. The van der Waals surface area contributed by atoms with Gasteiger partial charge in [0.1, 0.15) is 11.7 Å². The Morgan fingerprint density at radius 3 is 2.03 bits per heavy atom. The minimum absolute atomic E-state index is 0.328. The summed E-state index contributed by atoms with van der Waals surface area (Å²) in [6.45, 7) is 0. The molecular formula is C30H21BrN2O5. The lowest BCUT2D eigenvalue weighted by Gasteiger charge is -2.28. The first kappa shape index (κ1) is 24.1. The molecule has 0 radical (unpaired) electrons. The van der Waals surface area contributed by atoms with Gasteiger partial charge in [-0.25, -0.2) is 14.8 Å². The number of carbonyl (C=O) groups is 3. The molecule has 2 saturated heterocycles. The summed E-state index contributed by atoms with van der Waals surface area (Å²) in [7, 11) is 0. The fraction of sp³-hybridized carbons (Fsp3) is 0.100. The second-order valence-electron chi connectivity index (χ2n) is 8.97. The second kappa shape index (κ2) is 9.89. The van der Waals surface area contributed by atoms with Crippen molar-refractivity contribution in [1.29, 1.82) is 0 Å². The van der Waals surface area contributed by atoms with Crippen LogP contribution in [0.15, 0.2) is 114 Å². The van der Waals surface area contributed by atoms with Gasteiger partial charge in [0.05, 0.1) is 23.0 Å². The van der Waals surface area contributed by atoms with E-state index in [9.17, 15) is 14.4 Å².